The molecule has 188 valence electrons. The predicted octanol–water partition coefficient (Wildman–Crippen LogP) is 4.51. The third-order valence-corrected chi connectivity index (χ3v) is 6.60. The van der Waals surface area contributed by atoms with Gasteiger partial charge in [0.25, 0.3) is 0 Å². The number of nitrogen functional groups attached to an aromatic ring is 1. The summed E-state index contributed by atoms with van der Waals surface area (Å²) in [6.45, 7) is 0.294. The molecule has 0 aliphatic heterocycles. The Kier molecular flexibility index (Phi) is 7.14. The summed E-state index contributed by atoms with van der Waals surface area (Å²) in [6.07, 6.45) is 6.21. The van der Waals surface area contributed by atoms with Crippen LogP contribution in [0.25, 0.3) is 11.2 Å². The number of hydrogen-bond acceptors (Lipinski definition) is 8. The van der Waals surface area contributed by atoms with E-state index < -0.39 is 11.9 Å². The second-order valence-electron chi connectivity index (χ2n) is 8.74. The number of halogens is 1. The predicted molar refractivity (Wildman–Crippen MR) is 138 cm³/mol. The van der Waals surface area contributed by atoms with Gasteiger partial charge < -0.3 is 19.8 Å². The first-order chi connectivity index (χ1) is 18.0. The van der Waals surface area contributed by atoms with Gasteiger partial charge in [0.1, 0.15) is 5.52 Å². The highest BCUT2D eigenvalue weighted by Crippen LogP contribution is 2.34. The van der Waals surface area contributed by atoms with Crippen LogP contribution >= 0.6 is 11.6 Å². The number of aromatic nitrogens is 4. The van der Waals surface area contributed by atoms with E-state index in [1.54, 1.807) is 54.9 Å². The standard InChI is InChI=1S/C27H24ClN5O4/c28-23-22-24(32-27(29)31-23)33(16-30-22)21-12-11-19(14-36-25(34)17-7-3-1-4-8-17)20(13-21)15-37-26(35)18-9-5-2-6-10-18/h1-12,16,19-21H,13-15H2,(H2,29,31,32)/t19-,20-,21-/m1/s1. The van der Waals surface area contributed by atoms with E-state index in [1.165, 1.54) is 0 Å². The summed E-state index contributed by atoms with van der Waals surface area (Å²) >= 11 is 6.20. The molecule has 5 rings (SSSR count). The van der Waals surface area contributed by atoms with Gasteiger partial charge in [0, 0.05) is 11.8 Å². The third kappa shape index (κ3) is 5.46. The van der Waals surface area contributed by atoms with Crippen LogP contribution in [0.3, 0.4) is 0 Å². The number of carbonyl (C=O) groups excluding carboxylic acids is 2. The number of fused-ring (bicyclic) bond motifs is 1. The highest BCUT2D eigenvalue weighted by Gasteiger charge is 2.31. The van der Waals surface area contributed by atoms with E-state index in [-0.39, 0.29) is 42.2 Å². The molecule has 4 aromatic rings. The summed E-state index contributed by atoms with van der Waals surface area (Å²) < 4.78 is 13.2. The van der Waals surface area contributed by atoms with Crippen LogP contribution < -0.4 is 5.73 Å². The summed E-state index contributed by atoms with van der Waals surface area (Å²) in [4.78, 5) is 37.8. The number of carbonyl (C=O) groups is 2. The molecule has 0 spiro atoms. The SMILES string of the molecule is Nc1nc(Cl)c2ncn([C@@H]3C=C[C@H](COC(=O)c4ccccc4)[C@@H](COC(=O)c4ccccc4)C3)c2n1. The Hall–Kier alpha value is -4.24. The van der Waals surface area contributed by atoms with Crippen molar-refractivity contribution in [2.75, 3.05) is 18.9 Å². The smallest absolute Gasteiger partial charge is 0.338 e. The molecule has 0 bridgehead atoms. The molecule has 1 aliphatic carbocycles. The second-order valence-corrected chi connectivity index (χ2v) is 9.10. The summed E-state index contributed by atoms with van der Waals surface area (Å²) in [6, 6.07) is 17.5. The van der Waals surface area contributed by atoms with Crippen molar-refractivity contribution in [2.45, 2.75) is 12.5 Å². The van der Waals surface area contributed by atoms with Gasteiger partial charge >= 0.3 is 11.9 Å². The van der Waals surface area contributed by atoms with Crippen molar-refractivity contribution < 1.29 is 19.1 Å². The number of benzene rings is 2. The Morgan fingerprint density at radius 1 is 0.919 bits per heavy atom. The molecule has 1 aliphatic rings. The first-order valence-corrected chi connectivity index (χ1v) is 12.2. The van der Waals surface area contributed by atoms with Crippen molar-refractivity contribution in [1.29, 1.82) is 0 Å². The monoisotopic (exact) mass is 517 g/mol. The Bertz CT molecular complexity index is 1440. The Labute approximate surface area is 217 Å². The van der Waals surface area contributed by atoms with Crippen molar-refractivity contribution >= 4 is 40.7 Å². The van der Waals surface area contributed by atoms with Gasteiger partial charge in [0.2, 0.25) is 5.95 Å². The van der Waals surface area contributed by atoms with Crippen LogP contribution in [-0.4, -0.2) is 44.7 Å². The lowest BCUT2D eigenvalue weighted by molar-refractivity contribution is 0.0243. The molecule has 0 saturated heterocycles. The Balaban J connectivity index is 1.36. The number of imidazole rings is 1. The number of nitrogens with zero attached hydrogens (tertiary/aromatic N) is 4. The molecule has 37 heavy (non-hydrogen) atoms. The van der Waals surface area contributed by atoms with Crippen molar-refractivity contribution in [3.8, 4) is 0 Å². The van der Waals surface area contributed by atoms with Gasteiger partial charge in [-0.3, -0.25) is 0 Å². The topological polar surface area (TPSA) is 122 Å². The highest BCUT2D eigenvalue weighted by atomic mass is 35.5. The van der Waals surface area contributed by atoms with Crippen LogP contribution in [0, 0.1) is 11.8 Å². The fraction of sp³-hybridized carbons (Fsp3) is 0.222. The minimum atomic E-state index is -0.410. The number of rotatable bonds is 7. The first kappa shape index (κ1) is 24.5. The Morgan fingerprint density at radius 2 is 1.54 bits per heavy atom. The molecule has 0 amide bonds. The van der Waals surface area contributed by atoms with Gasteiger partial charge in [-0.25, -0.2) is 14.6 Å². The van der Waals surface area contributed by atoms with Crippen LogP contribution in [0.15, 0.2) is 79.1 Å². The van der Waals surface area contributed by atoms with Crippen LogP contribution in [0.1, 0.15) is 33.2 Å². The van der Waals surface area contributed by atoms with Gasteiger partial charge in [-0.1, -0.05) is 60.2 Å². The molecule has 2 aromatic carbocycles. The largest absolute Gasteiger partial charge is 0.462 e. The molecule has 0 unspecified atom stereocenters. The zero-order valence-corrected chi connectivity index (χ0v) is 20.5. The molecule has 0 radical (unpaired) electrons. The van der Waals surface area contributed by atoms with Gasteiger partial charge in [0.15, 0.2) is 10.8 Å². The fourth-order valence-electron chi connectivity index (χ4n) is 4.39. The molecule has 2 N–H and O–H groups in total. The van der Waals surface area contributed by atoms with Crippen molar-refractivity contribution in [2.24, 2.45) is 11.8 Å². The van der Waals surface area contributed by atoms with Crippen molar-refractivity contribution in [3.05, 3.63) is 95.4 Å². The van der Waals surface area contributed by atoms with Crippen LogP contribution in [0.2, 0.25) is 5.15 Å². The maximum atomic E-state index is 12.6. The summed E-state index contributed by atoms with van der Waals surface area (Å²) in [5.74, 6) is -1.06. The number of esters is 2. The molecule has 2 heterocycles. The molecule has 0 saturated carbocycles. The van der Waals surface area contributed by atoms with E-state index in [1.807, 2.05) is 28.9 Å². The lowest BCUT2D eigenvalue weighted by atomic mass is 9.82. The van der Waals surface area contributed by atoms with Crippen LogP contribution in [-0.2, 0) is 9.47 Å². The van der Waals surface area contributed by atoms with E-state index in [4.69, 9.17) is 26.8 Å². The molecule has 0 fully saturated rings. The van der Waals surface area contributed by atoms with E-state index in [9.17, 15) is 9.59 Å². The molecule has 2 aromatic heterocycles. The molecule has 10 heteroatoms. The number of ether oxygens (including phenoxy) is 2. The molecule has 3 atom stereocenters. The molecular weight excluding hydrogens is 494 g/mol. The summed E-state index contributed by atoms with van der Waals surface area (Å²) in [5, 5.41) is 0.181. The summed E-state index contributed by atoms with van der Waals surface area (Å²) in [7, 11) is 0. The molecular formula is C27H24ClN5O4. The third-order valence-electron chi connectivity index (χ3n) is 6.34. The normalized spacial score (nSPS) is 19.0. The number of allylic oxidation sites excluding steroid dienone is 1. The zero-order chi connectivity index (χ0) is 25.8. The maximum Gasteiger partial charge on any atom is 0.338 e. The maximum absolute atomic E-state index is 12.6. The minimum Gasteiger partial charge on any atom is -0.462 e. The summed E-state index contributed by atoms with van der Waals surface area (Å²) in [5.41, 5.74) is 7.73. The van der Waals surface area contributed by atoms with Crippen LogP contribution in [0.4, 0.5) is 5.95 Å². The first-order valence-electron chi connectivity index (χ1n) is 11.8. The average Bonchev–Trinajstić information content (AvgIpc) is 3.35. The van der Waals surface area contributed by atoms with Gasteiger partial charge in [0.05, 0.1) is 36.7 Å². The van der Waals surface area contributed by atoms with E-state index in [0.29, 0.717) is 28.7 Å². The highest BCUT2D eigenvalue weighted by molar-refractivity contribution is 6.33. The Morgan fingerprint density at radius 3 is 2.19 bits per heavy atom. The van der Waals surface area contributed by atoms with Gasteiger partial charge in [-0.05, 0) is 30.7 Å². The molecule has 9 nitrogen and oxygen atoms in total. The minimum absolute atomic E-state index is 0.0538. The lowest BCUT2D eigenvalue weighted by Crippen LogP contribution is -2.31. The fourth-order valence-corrected chi connectivity index (χ4v) is 4.61. The quantitative estimate of drug-likeness (QED) is 0.216. The number of anilines is 1. The number of nitrogens with two attached hydrogens (primary N) is 1. The van der Waals surface area contributed by atoms with E-state index in [0.717, 1.165) is 0 Å². The average molecular weight is 518 g/mol. The van der Waals surface area contributed by atoms with Gasteiger partial charge in [-0.2, -0.15) is 9.97 Å². The van der Waals surface area contributed by atoms with Gasteiger partial charge in [-0.15, -0.1) is 0 Å². The van der Waals surface area contributed by atoms with Crippen LogP contribution in [0.5, 0.6) is 0 Å². The second kappa shape index (κ2) is 10.8. The van der Waals surface area contributed by atoms with E-state index >= 15 is 0 Å². The zero-order valence-electron chi connectivity index (χ0n) is 19.7. The van der Waals surface area contributed by atoms with Crippen molar-refractivity contribution in [1.82, 2.24) is 19.5 Å². The van der Waals surface area contributed by atoms with Crippen molar-refractivity contribution in [3.63, 3.8) is 0 Å². The van der Waals surface area contributed by atoms with E-state index in [2.05, 4.69) is 15.0 Å². The lowest BCUT2D eigenvalue weighted by Gasteiger charge is -2.32. The number of hydrogen-bond donors (Lipinski definition) is 1.